The zero-order valence-corrected chi connectivity index (χ0v) is 16.5. The first-order valence-electron chi connectivity index (χ1n) is 9.29. The summed E-state index contributed by atoms with van der Waals surface area (Å²) in [5.41, 5.74) is 3.22. The second-order valence-electron chi connectivity index (χ2n) is 6.65. The van der Waals surface area contributed by atoms with Gasteiger partial charge < -0.3 is 9.88 Å². The normalized spacial score (nSPS) is 11.3. The standard InChI is InChI=1S/C24H19N3OS/c25-14-19(24(28)26-15-21-9-6-12-29-21)13-20-17-27(16-18-7-2-1-3-8-18)23-11-5-4-10-22(20)23/h1-13,17H,15-16H2,(H,26,28). The molecule has 0 radical (unpaired) electrons. The molecule has 4 aromatic rings. The zero-order valence-electron chi connectivity index (χ0n) is 15.7. The van der Waals surface area contributed by atoms with Crippen LogP contribution in [0, 0.1) is 11.3 Å². The summed E-state index contributed by atoms with van der Waals surface area (Å²) in [4.78, 5) is 13.6. The van der Waals surface area contributed by atoms with Crippen LogP contribution in [0.15, 0.2) is 83.9 Å². The highest BCUT2D eigenvalue weighted by Gasteiger charge is 2.12. The number of nitrogens with zero attached hydrogens (tertiary/aromatic N) is 2. The minimum atomic E-state index is -0.360. The van der Waals surface area contributed by atoms with Gasteiger partial charge in [0.15, 0.2) is 0 Å². The van der Waals surface area contributed by atoms with Crippen LogP contribution >= 0.6 is 11.3 Å². The van der Waals surface area contributed by atoms with Crippen molar-refractivity contribution in [2.45, 2.75) is 13.1 Å². The zero-order chi connectivity index (χ0) is 20.1. The van der Waals surface area contributed by atoms with Gasteiger partial charge in [-0.2, -0.15) is 5.26 Å². The molecule has 0 atom stereocenters. The first-order valence-corrected chi connectivity index (χ1v) is 10.2. The fourth-order valence-electron chi connectivity index (χ4n) is 3.28. The maximum absolute atomic E-state index is 12.5. The molecule has 1 N–H and O–H groups in total. The van der Waals surface area contributed by atoms with E-state index in [4.69, 9.17) is 0 Å². The second-order valence-corrected chi connectivity index (χ2v) is 7.68. The number of nitriles is 1. The van der Waals surface area contributed by atoms with E-state index in [1.165, 1.54) is 5.56 Å². The van der Waals surface area contributed by atoms with Gasteiger partial charge in [0.1, 0.15) is 11.6 Å². The molecule has 0 saturated heterocycles. The lowest BCUT2D eigenvalue weighted by molar-refractivity contribution is -0.117. The minimum absolute atomic E-state index is 0.101. The van der Waals surface area contributed by atoms with Crippen molar-refractivity contribution in [1.29, 1.82) is 5.26 Å². The number of carbonyl (C=O) groups excluding carboxylic acids is 1. The second kappa shape index (κ2) is 8.59. The third kappa shape index (κ3) is 4.29. The predicted molar refractivity (Wildman–Crippen MR) is 117 cm³/mol. The third-order valence-corrected chi connectivity index (χ3v) is 5.56. The van der Waals surface area contributed by atoms with Crippen LogP contribution in [-0.2, 0) is 17.9 Å². The summed E-state index contributed by atoms with van der Waals surface area (Å²) in [6.07, 6.45) is 3.68. The fourth-order valence-corrected chi connectivity index (χ4v) is 3.93. The molecule has 4 rings (SSSR count). The molecule has 5 heteroatoms. The van der Waals surface area contributed by atoms with Gasteiger partial charge in [-0.3, -0.25) is 4.79 Å². The van der Waals surface area contributed by atoms with E-state index in [0.717, 1.165) is 27.9 Å². The number of para-hydroxylation sites is 1. The summed E-state index contributed by atoms with van der Waals surface area (Å²) in [6, 6.07) is 24.2. The molecule has 0 aliphatic heterocycles. The molecular weight excluding hydrogens is 378 g/mol. The molecule has 29 heavy (non-hydrogen) atoms. The average Bonchev–Trinajstić information content (AvgIpc) is 3.40. The van der Waals surface area contributed by atoms with Crippen molar-refractivity contribution in [1.82, 2.24) is 9.88 Å². The number of hydrogen-bond acceptors (Lipinski definition) is 3. The molecule has 142 valence electrons. The fraction of sp³-hybridized carbons (Fsp3) is 0.0833. The number of rotatable bonds is 6. The molecule has 2 aromatic carbocycles. The maximum Gasteiger partial charge on any atom is 0.262 e. The van der Waals surface area contributed by atoms with E-state index in [2.05, 4.69) is 28.1 Å². The molecule has 1 amide bonds. The topological polar surface area (TPSA) is 57.8 Å². The number of carbonyl (C=O) groups is 1. The molecule has 0 unspecified atom stereocenters. The van der Waals surface area contributed by atoms with E-state index < -0.39 is 0 Å². The molecule has 2 aromatic heterocycles. The summed E-state index contributed by atoms with van der Waals surface area (Å²) >= 11 is 1.57. The number of amides is 1. The number of thiophene rings is 1. The van der Waals surface area contributed by atoms with Crippen LogP contribution in [0.5, 0.6) is 0 Å². The van der Waals surface area contributed by atoms with Gasteiger partial charge in [0.05, 0.1) is 6.54 Å². The molecule has 0 saturated carbocycles. The largest absolute Gasteiger partial charge is 0.347 e. The van der Waals surface area contributed by atoms with Crippen molar-refractivity contribution in [2.75, 3.05) is 0 Å². The van der Waals surface area contributed by atoms with Gasteiger partial charge in [-0.15, -0.1) is 11.3 Å². The molecule has 0 bridgehead atoms. The number of hydrogen-bond donors (Lipinski definition) is 1. The maximum atomic E-state index is 12.5. The molecule has 0 fully saturated rings. The summed E-state index contributed by atoms with van der Waals surface area (Å²) in [7, 11) is 0. The smallest absolute Gasteiger partial charge is 0.262 e. The molecule has 2 heterocycles. The highest BCUT2D eigenvalue weighted by Crippen LogP contribution is 2.24. The average molecular weight is 398 g/mol. The number of aromatic nitrogens is 1. The minimum Gasteiger partial charge on any atom is -0.347 e. The Kier molecular flexibility index (Phi) is 5.55. The van der Waals surface area contributed by atoms with E-state index in [0.29, 0.717) is 6.54 Å². The third-order valence-electron chi connectivity index (χ3n) is 4.68. The van der Waals surface area contributed by atoms with Gasteiger partial charge in [0.2, 0.25) is 0 Å². The van der Waals surface area contributed by atoms with E-state index in [1.54, 1.807) is 17.4 Å². The van der Waals surface area contributed by atoms with Crippen LogP contribution in [0.1, 0.15) is 16.0 Å². The SMILES string of the molecule is N#CC(=Cc1cn(Cc2ccccc2)c2ccccc12)C(=O)NCc1cccs1. The van der Waals surface area contributed by atoms with Gasteiger partial charge in [0, 0.05) is 34.1 Å². The summed E-state index contributed by atoms with van der Waals surface area (Å²) < 4.78 is 2.15. The Labute approximate surface area is 173 Å². The van der Waals surface area contributed by atoms with Crippen LogP contribution in [0.25, 0.3) is 17.0 Å². The van der Waals surface area contributed by atoms with Gasteiger partial charge in [-0.1, -0.05) is 54.6 Å². The monoisotopic (exact) mass is 397 g/mol. The molecule has 0 aliphatic rings. The van der Waals surface area contributed by atoms with E-state index in [-0.39, 0.29) is 11.5 Å². The van der Waals surface area contributed by atoms with Gasteiger partial charge in [0.25, 0.3) is 5.91 Å². The Balaban J connectivity index is 1.63. The Bertz CT molecular complexity index is 1200. The van der Waals surface area contributed by atoms with Crippen LogP contribution in [0.2, 0.25) is 0 Å². The van der Waals surface area contributed by atoms with Gasteiger partial charge >= 0.3 is 0 Å². The molecular formula is C24H19N3OS. The number of nitrogens with one attached hydrogen (secondary N) is 1. The quantitative estimate of drug-likeness (QED) is 0.369. The molecule has 4 nitrogen and oxygen atoms in total. The summed E-state index contributed by atoms with van der Waals surface area (Å²) in [6.45, 7) is 1.15. The number of fused-ring (bicyclic) bond motifs is 1. The van der Waals surface area contributed by atoms with Crippen molar-refractivity contribution in [3.05, 3.63) is 99.9 Å². The predicted octanol–water partition coefficient (Wildman–Crippen LogP) is 4.97. The van der Waals surface area contributed by atoms with Crippen molar-refractivity contribution in [2.24, 2.45) is 0 Å². The lowest BCUT2D eigenvalue weighted by Gasteiger charge is -2.05. The van der Waals surface area contributed by atoms with E-state index >= 15 is 0 Å². The Morgan fingerprint density at radius 2 is 1.86 bits per heavy atom. The molecule has 0 spiro atoms. The highest BCUT2D eigenvalue weighted by atomic mass is 32.1. The van der Waals surface area contributed by atoms with E-state index in [1.807, 2.05) is 66.2 Å². The van der Waals surface area contributed by atoms with Crippen molar-refractivity contribution < 1.29 is 4.79 Å². The lowest BCUT2D eigenvalue weighted by atomic mass is 10.1. The van der Waals surface area contributed by atoms with Crippen LogP contribution in [0.3, 0.4) is 0 Å². The van der Waals surface area contributed by atoms with Crippen LogP contribution < -0.4 is 5.32 Å². The van der Waals surface area contributed by atoms with Gasteiger partial charge in [-0.25, -0.2) is 0 Å². The van der Waals surface area contributed by atoms with Crippen LogP contribution in [0.4, 0.5) is 0 Å². The Morgan fingerprint density at radius 3 is 2.62 bits per heavy atom. The van der Waals surface area contributed by atoms with Crippen molar-refractivity contribution in [3.63, 3.8) is 0 Å². The first-order chi connectivity index (χ1) is 14.2. The Hall–Kier alpha value is -3.62. The van der Waals surface area contributed by atoms with Crippen molar-refractivity contribution >= 4 is 34.2 Å². The Morgan fingerprint density at radius 1 is 1.07 bits per heavy atom. The van der Waals surface area contributed by atoms with Crippen molar-refractivity contribution in [3.8, 4) is 6.07 Å². The van der Waals surface area contributed by atoms with Gasteiger partial charge in [-0.05, 0) is 29.2 Å². The number of benzene rings is 2. The summed E-state index contributed by atoms with van der Waals surface area (Å²) in [5, 5.41) is 15.3. The summed E-state index contributed by atoms with van der Waals surface area (Å²) in [5.74, 6) is -0.360. The lowest BCUT2D eigenvalue weighted by Crippen LogP contribution is -2.23. The molecule has 0 aliphatic carbocycles. The van der Waals surface area contributed by atoms with E-state index in [9.17, 15) is 10.1 Å². The first kappa shape index (κ1) is 18.7. The van der Waals surface area contributed by atoms with Crippen LogP contribution in [-0.4, -0.2) is 10.5 Å². The highest BCUT2D eigenvalue weighted by molar-refractivity contribution is 7.09.